The van der Waals surface area contributed by atoms with Gasteiger partial charge >= 0.3 is 0 Å². The molecule has 2 bridgehead atoms. The van der Waals surface area contributed by atoms with E-state index in [1.165, 1.54) is 0 Å². The zero-order chi connectivity index (χ0) is 26.1. The van der Waals surface area contributed by atoms with Gasteiger partial charge in [0, 0.05) is 28.7 Å². The van der Waals surface area contributed by atoms with E-state index < -0.39 is 11.7 Å². The number of hydrogen-bond acceptors (Lipinski definition) is 10. The molecule has 1 saturated carbocycles. The van der Waals surface area contributed by atoms with Crippen LogP contribution in [-0.4, -0.2) is 73.0 Å². The highest BCUT2D eigenvalue weighted by Crippen LogP contribution is 2.48. The standard InChI is InChI=1S/C27H30FN7O3/c1-26-7-8-27(2,34-26)23(28)19(13-26)35(16-4-5-16)22-14-29-24(32-31-22)17-6-3-15(11-20(17)36)18-12-21-25(33-30-18)38-10-9-37-21/h3,6,11-12,14,16,19,23,34,36H,4-5,7-10,13H2,1-2H3/t19-,23-,26-,27+/m0/s1. The molecule has 11 heteroatoms. The minimum Gasteiger partial charge on any atom is -0.507 e. The van der Waals surface area contributed by atoms with Crippen LogP contribution in [0.2, 0.25) is 0 Å². The van der Waals surface area contributed by atoms with Crippen LogP contribution >= 0.6 is 0 Å². The number of hydrogen-bond donors (Lipinski definition) is 2. The maximum absolute atomic E-state index is 15.9. The number of phenolic OH excluding ortho intramolecular Hbond substituents is 1. The van der Waals surface area contributed by atoms with Crippen molar-refractivity contribution in [2.75, 3.05) is 18.1 Å². The van der Waals surface area contributed by atoms with Crippen molar-refractivity contribution in [3.05, 3.63) is 30.5 Å². The lowest BCUT2D eigenvalue weighted by molar-refractivity contribution is 0.0831. The number of aromatic hydroxyl groups is 1. The number of alkyl halides is 1. The molecule has 198 valence electrons. The van der Waals surface area contributed by atoms with Gasteiger partial charge in [0.25, 0.3) is 5.88 Å². The molecular weight excluding hydrogens is 489 g/mol. The number of nitrogens with one attached hydrogen (secondary N) is 1. The Morgan fingerprint density at radius 2 is 1.89 bits per heavy atom. The summed E-state index contributed by atoms with van der Waals surface area (Å²) in [5.41, 5.74) is 1.05. The third kappa shape index (κ3) is 3.91. The predicted octanol–water partition coefficient (Wildman–Crippen LogP) is 3.45. The van der Waals surface area contributed by atoms with Crippen molar-refractivity contribution >= 4 is 5.82 Å². The summed E-state index contributed by atoms with van der Waals surface area (Å²) in [6.45, 7) is 5.07. The first-order valence-electron chi connectivity index (χ1n) is 13.2. The van der Waals surface area contributed by atoms with Gasteiger partial charge in [-0.15, -0.1) is 20.4 Å². The number of ether oxygens (including phenoxy) is 2. The Bertz CT molecular complexity index is 1390. The molecule has 2 saturated heterocycles. The van der Waals surface area contributed by atoms with Crippen molar-refractivity contribution in [3.63, 3.8) is 0 Å². The SMILES string of the molecule is C[C@@]12CC[C@@](C)(N1)[C@@H](F)[C@@H](N(c1cnc(-c3ccc(-c4cc5c(nn4)OCCO5)cc3O)nn1)C1CC1)C2. The molecule has 3 aromatic rings. The average molecular weight is 520 g/mol. The van der Waals surface area contributed by atoms with E-state index in [1.807, 2.05) is 13.0 Å². The molecule has 4 atom stereocenters. The zero-order valence-electron chi connectivity index (χ0n) is 21.4. The van der Waals surface area contributed by atoms with E-state index in [4.69, 9.17) is 9.47 Å². The largest absolute Gasteiger partial charge is 0.507 e. The summed E-state index contributed by atoms with van der Waals surface area (Å²) in [4.78, 5) is 6.64. The van der Waals surface area contributed by atoms with Gasteiger partial charge in [0.1, 0.15) is 25.1 Å². The number of halogens is 1. The Morgan fingerprint density at radius 1 is 1.05 bits per heavy atom. The Balaban J connectivity index is 1.15. The van der Waals surface area contributed by atoms with E-state index in [0.29, 0.717) is 59.7 Å². The van der Waals surface area contributed by atoms with Gasteiger partial charge in [-0.05, 0) is 58.1 Å². The summed E-state index contributed by atoms with van der Waals surface area (Å²) in [6.07, 6.45) is 5.18. The summed E-state index contributed by atoms with van der Waals surface area (Å²) < 4.78 is 26.9. The number of anilines is 1. The van der Waals surface area contributed by atoms with Crippen molar-refractivity contribution in [3.8, 4) is 40.0 Å². The average Bonchev–Trinajstić information content (AvgIpc) is 3.72. The Hall–Kier alpha value is -3.60. The molecule has 1 aliphatic carbocycles. The topological polar surface area (TPSA) is 118 Å². The quantitative estimate of drug-likeness (QED) is 0.519. The van der Waals surface area contributed by atoms with E-state index in [9.17, 15) is 5.11 Å². The first kappa shape index (κ1) is 23.5. The number of rotatable bonds is 5. The lowest BCUT2D eigenvalue weighted by Gasteiger charge is -2.48. The number of piperidine rings is 1. The van der Waals surface area contributed by atoms with Gasteiger partial charge in [0.2, 0.25) is 0 Å². The smallest absolute Gasteiger partial charge is 0.276 e. The fourth-order valence-corrected chi connectivity index (χ4v) is 6.31. The predicted molar refractivity (Wildman–Crippen MR) is 137 cm³/mol. The highest BCUT2D eigenvalue weighted by atomic mass is 19.1. The summed E-state index contributed by atoms with van der Waals surface area (Å²) in [7, 11) is 0. The number of benzene rings is 1. The molecule has 10 nitrogen and oxygen atoms in total. The monoisotopic (exact) mass is 519 g/mol. The molecule has 2 N–H and O–H groups in total. The third-order valence-electron chi connectivity index (χ3n) is 8.34. The maximum atomic E-state index is 15.9. The van der Waals surface area contributed by atoms with Crippen molar-refractivity contribution < 1.29 is 19.0 Å². The van der Waals surface area contributed by atoms with E-state index in [-0.39, 0.29) is 23.4 Å². The van der Waals surface area contributed by atoms with Crippen molar-refractivity contribution in [1.82, 2.24) is 30.7 Å². The molecule has 0 radical (unpaired) electrons. The van der Waals surface area contributed by atoms with Crippen molar-refractivity contribution in [1.29, 1.82) is 0 Å². The number of aromatic nitrogens is 5. The van der Waals surface area contributed by atoms with Gasteiger partial charge in [0.05, 0.1) is 23.5 Å². The highest BCUT2D eigenvalue weighted by Gasteiger charge is 2.58. The first-order chi connectivity index (χ1) is 18.3. The van der Waals surface area contributed by atoms with Gasteiger partial charge in [-0.1, -0.05) is 6.07 Å². The molecule has 3 fully saturated rings. The number of nitrogens with zero attached hydrogens (tertiary/aromatic N) is 6. The highest BCUT2D eigenvalue weighted by molar-refractivity contribution is 5.72. The van der Waals surface area contributed by atoms with Crippen LogP contribution in [0.3, 0.4) is 0 Å². The number of fused-ring (bicyclic) bond motifs is 3. The van der Waals surface area contributed by atoms with Gasteiger partial charge < -0.3 is 24.8 Å². The van der Waals surface area contributed by atoms with Gasteiger partial charge in [0.15, 0.2) is 17.4 Å². The summed E-state index contributed by atoms with van der Waals surface area (Å²) >= 11 is 0. The van der Waals surface area contributed by atoms with Crippen molar-refractivity contribution in [2.45, 2.75) is 75.3 Å². The molecule has 1 aromatic carbocycles. The molecule has 2 aromatic heterocycles. The maximum Gasteiger partial charge on any atom is 0.276 e. The van der Waals surface area contributed by atoms with Crippen LogP contribution in [0, 0.1) is 0 Å². The fraction of sp³-hybridized carbons (Fsp3) is 0.519. The van der Waals surface area contributed by atoms with E-state index >= 15 is 4.39 Å². The van der Waals surface area contributed by atoms with Gasteiger partial charge in [-0.2, -0.15) is 0 Å². The molecule has 3 aliphatic heterocycles. The van der Waals surface area contributed by atoms with Crippen LogP contribution in [0.4, 0.5) is 10.2 Å². The zero-order valence-corrected chi connectivity index (χ0v) is 21.4. The van der Waals surface area contributed by atoms with Gasteiger partial charge in [-0.25, -0.2) is 9.37 Å². The molecule has 38 heavy (non-hydrogen) atoms. The second-order valence-corrected chi connectivity index (χ2v) is 11.4. The summed E-state index contributed by atoms with van der Waals surface area (Å²) in [6, 6.07) is 6.84. The molecule has 0 amide bonds. The van der Waals surface area contributed by atoms with Crippen LogP contribution in [0.5, 0.6) is 17.4 Å². The van der Waals surface area contributed by atoms with Crippen LogP contribution in [0.25, 0.3) is 22.6 Å². The lowest BCUT2D eigenvalue weighted by atomic mass is 9.82. The molecule has 0 unspecified atom stereocenters. The van der Waals surface area contributed by atoms with Gasteiger partial charge in [-0.3, -0.25) is 0 Å². The van der Waals surface area contributed by atoms with E-state index in [2.05, 4.69) is 42.5 Å². The van der Waals surface area contributed by atoms with E-state index in [1.54, 1.807) is 24.4 Å². The fourth-order valence-electron chi connectivity index (χ4n) is 6.31. The van der Waals surface area contributed by atoms with Crippen LogP contribution in [0.15, 0.2) is 30.5 Å². The molecule has 4 aliphatic rings. The summed E-state index contributed by atoms with van der Waals surface area (Å²) in [5, 5.41) is 31.4. The number of phenols is 1. The Labute approximate surface area is 219 Å². The second kappa shape index (κ2) is 8.45. The Kier molecular flexibility index (Phi) is 5.23. The first-order valence-corrected chi connectivity index (χ1v) is 13.2. The minimum atomic E-state index is -1.01. The van der Waals surface area contributed by atoms with Crippen molar-refractivity contribution in [2.24, 2.45) is 0 Å². The summed E-state index contributed by atoms with van der Waals surface area (Å²) in [5.74, 6) is 1.75. The molecule has 5 heterocycles. The minimum absolute atomic E-state index is 0.00705. The lowest BCUT2D eigenvalue weighted by Crippen LogP contribution is -2.66. The van der Waals surface area contributed by atoms with Crippen LogP contribution < -0.4 is 19.7 Å². The molecule has 0 spiro atoms. The van der Waals surface area contributed by atoms with E-state index in [0.717, 1.165) is 25.7 Å². The van der Waals surface area contributed by atoms with Crippen LogP contribution in [0.1, 0.15) is 46.0 Å². The normalized spacial score (nSPS) is 29.8. The third-order valence-corrected chi connectivity index (χ3v) is 8.34. The Morgan fingerprint density at radius 3 is 2.66 bits per heavy atom. The van der Waals surface area contributed by atoms with Crippen LogP contribution in [-0.2, 0) is 0 Å². The molecular formula is C27H30FN7O3. The molecule has 7 rings (SSSR count). The second-order valence-electron chi connectivity index (χ2n) is 11.4.